The second-order valence-electron chi connectivity index (χ2n) is 5.75. The van der Waals surface area contributed by atoms with Crippen molar-refractivity contribution in [1.82, 2.24) is 4.90 Å². The molecule has 0 spiro atoms. The fourth-order valence-corrected chi connectivity index (χ4v) is 2.66. The number of hydrogen-bond donors (Lipinski definition) is 1. The van der Waals surface area contributed by atoms with Gasteiger partial charge in [-0.1, -0.05) is 33.1 Å². The van der Waals surface area contributed by atoms with Crippen LogP contribution in [0, 0.1) is 0 Å². The zero-order valence-corrected chi connectivity index (χ0v) is 14.7. The normalized spacial score (nSPS) is 11.0. The molecule has 0 unspecified atom stereocenters. The van der Waals surface area contributed by atoms with Gasteiger partial charge in [-0.25, -0.2) is 0 Å². The second kappa shape index (κ2) is 10.3. The Kier molecular flexibility index (Phi) is 8.75. The van der Waals surface area contributed by atoms with Gasteiger partial charge in [0.1, 0.15) is 0 Å². The van der Waals surface area contributed by atoms with Crippen LogP contribution in [0.25, 0.3) is 0 Å². The van der Waals surface area contributed by atoms with E-state index in [1.807, 2.05) is 12.1 Å². The average Bonchev–Trinajstić information content (AvgIpc) is 2.51. The lowest BCUT2D eigenvalue weighted by atomic mass is 10.1. The van der Waals surface area contributed by atoms with Crippen LogP contribution in [-0.4, -0.2) is 32.2 Å². The predicted molar refractivity (Wildman–Crippen MR) is 93.7 cm³/mol. The molecular formula is C18H32N2O2. The van der Waals surface area contributed by atoms with Gasteiger partial charge in [-0.3, -0.25) is 4.90 Å². The molecule has 4 heteroatoms. The SMILES string of the molecule is CCCCCN(CCCC)Cc1cc(N)cc(OC)c1OC. The maximum atomic E-state index is 6.00. The first-order valence-electron chi connectivity index (χ1n) is 8.38. The number of unbranched alkanes of at least 4 members (excludes halogenated alkanes) is 3. The molecule has 0 bridgehead atoms. The number of ether oxygens (including phenoxy) is 2. The van der Waals surface area contributed by atoms with Crippen molar-refractivity contribution in [3.63, 3.8) is 0 Å². The van der Waals surface area contributed by atoms with Crippen LogP contribution >= 0.6 is 0 Å². The van der Waals surface area contributed by atoms with Crippen molar-refractivity contribution in [3.8, 4) is 11.5 Å². The quantitative estimate of drug-likeness (QED) is 0.494. The van der Waals surface area contributed by atoms with E-state index in [9.17, 15) is 0 Å². The molecule has 0 amide bonds. The smallest absolute Gasteiger partial charge is 0.165 e. The Morgan fingerprint density at radius 2 is 1.64 bits per heavy atom. The highest BCUT2D eigenvalue weighted by Crippen LogP contribution is 2.34. The molecule has 2 N–H and O–H groups in total. The minimum absolute atomic E-state index is 0.710. The van der Waals surface area contributed by atoms with Crippen LogP contribution in [-0.2, 0) is 6.54 Å². The number of nitrogens with two attached hydrogens (primary N) is 1. The van der Waals surface area contributed by atoms with Crippen molar-refractivity contribution >= 4 is 5.69 Å². The van der Waals surface area contributed by atoms with Crippen molar-refractivity contribution in [2.75, 3.05) is 33.0 Å². The number of nitrogens with zero attached hydrogens (tertiary/aromatic N) is 1. The lowest BCUT2D eigenvalue weighted by Gasteiger charge is -2.24. The maximum Gasteiger partial charge on any atom is 0.165 e. The first-order chi connectivity index (χ1) is 10.7. The van der Waals surface area contributed by atoms with E-state index in [0.717, 1.165) is 36.6 Å². The van der Waals surface area contributed by atoms with Crippen molar-refractivity contribution in [2.24, 2.45) is 0 Å². The molecule has 0 saturated carbocycles. The standard InChI is InChI=1S/C18H32N2O2/c1-5-7-9-11-20(10-8-6-2)14-15-12-16(19)13-17(21-3)18(15)22-4/h12-13H,5-11,14,19H2,1-4H3. The lowest BCUT2D eigenvalue weighted by Crippen LogP contribution is -2.26. The third kappa shape index (κ3) is 5.76. The summed E-state index contributed by atoms with van der Waals surface area (Å²) >= 11 is 0. The van der Waals surface area contributed by atoms with Gasteiger partial charge in [0.2, 0.25) is 0 Å². The predicted octanol–water partition coefficient (Wildman–Crippen LogP) is 4.08. The highest BCUT2D eigenvalue weighted by molar-refractivity contribution is 5.57. The minimum Gasteiger partial charge on any atom is -0.493 e. The van der Waals surface area contributed by atoms with Gasteiger partial charge in [-0.05, 0) is 32.0 Å². The first-order valence-corrected chi connectivity index (χ1v) is 8.38. The fourth-order valence-electron chi connectivity index (χ4n) is 2.66. The van der Waals surface area contributed by atoms with E-state index < -0.39 is 0 Å². The van der Waals surface area contributed by atoms with E-state index in [4.69, 9.17) is 15.2 Å². The number of methoxy groups -OCH3 is 2. The summed E-state index contributed by atoms with van der Waals surface area (Å²) in [7, 11) is 3.34. The number of hydrogen-bond acceptors (Lipinski definition) is 4. The zero-order chi connectivity index (χ0) is 16.4. The van der Waals surface area contributed by atoms with Crippen LogP contribution in [0.1, 0.15) is 51.5 Å². The Morgan fingerprint density at radius 1 is 0.955 bits per heavy atom. The van der Waals surface area contributed by atoms with Crippen molar-refractivity contribution in [2.45, 2.75) is 52.5 Å². The van der Waals surface area contributed by atoms with Crippen LogP contribution in [0.4, 0.5) is 5.69 Å². The molecule has 0 heterocycles. The molecular weight excluding hydrogens is 276 g/mol. The molecule has 1 aromatic carbocycles. The summed E-state index contributed by atoms with van der Waals surface area (Å²) in [6.45, 7) is 7.55. The molecule has 0 atom stereocenters. The minimum atomic E-state index is 0.710. The van der Waals surface area contributed by atoms with Crippen molar-refractivity contribution in [1.29, 1.82) is 0 Å². The van der Waals surface area contributed by atoms with Crippen LogP contribution in [0.5, 0.6) is 11.5 Å². The van der Waals surface area contributed by atoms with Crippen LogP contribution in [0.3, 0.4) is 0 Å². The molecule has 0 aromatic heterocycles. The summed E-state index contributed by atoms with van der Waals surface area (Å²) in [6.07, 6.45) is 6.19. The third-order valence-corrected chi connectivity index (χ3v) is 3.88. The van der Waals surface area contributed by atoms with Gasteiger partial charge in [-0.15, -0.1) is 0 Å². The van der Waals surface area contributed by atoms with E-state index in [-0.39, 0.29) is 0 Å². The summed E-state index contributed by atoms with van der Waals surface area (Å²) in [4.78, 5) is 2.50. The Labute approximate surface area is 135 Å². The van der Waals surface area contributed by atoms with Gasteiger partial charge in [-0.2, -0.15) is 0 Å². The Hall–Kier alpha value is -1.42. The van der Waals surface area contributed by atoms with Gasteiger partial charge < -0.3 is 15.2 Å². The van der Waals surface area contributed by atoms with Crippen LogP contribution in [0.2, 0.25) is 0 Å². The van der Waals surface area contributed by atoms with Gasteiger partial charge in [0, 0.05) is 23.9 Å². The van der Waals surface area contributed by atoms with E-state index in [1.54, 1.807) is 14.2 Å². The topological polar surface area (TPSA) is 47.7 Å². The molecule has 0 aliphatic carbocycles. The number of rotatable bonds is 11. The third-order valence-electron chi connectivity index (χ3n) is 3.88. The van der Waals surface area contributed by atoms with E-state index in [2.05, 4.69) is 18.7 Å². The summed E-state index contributed by atoms with van der Waals surface area (Å²) in [5.41, 5.74) is 7.82. The molecule has 0 radical (unpaired) electrons. The number of benzene rings is 1. The van der Waals surface area contributed by atoms with Crippen molar-refractivity contribution in [3.05, 3.63) is 17.7 Å². The molecule has 126 valence electrons. The zero-order valence-electron chi connectivity index (χ0n) is 14.7. The highest BCUT2D eigenvalue weighted by Gasteiger charge is 2.14. The maximum absolute atomic E-state index is 6.00. The molecule has 0 aliphatic heterocycles. The van der Waals surface area contributed by atoms with E-state index >= 15 is 0 Å². The Bertz CT molecular complexity index is 435. The summed E-state index contributed by atoms with van der Waals surface area (Å²) in [6, 6.07) is 3.82. The number of anilines is 1. The van der Waals surface area contributed by atoms with Crippen LogP contribution < -0.4 is 15.2 Å². The van der Waals surface area contributed by atoms with Gasteiger partial charge >= 0.3 is 0 Å². The molecule has 1 aromatic rings. The van der Waals surface area contributed by atoms with Gasteiger partial charge in [0.15, 0.2) is 11.5 Å². The second-order valence-corrected chi connectivity index (χ2v) is 5.75. The molecule has 0 aliphatic rings. The monoisotopic (exact) mass is 308 g/mol. The van der Waals surface area contributed by atoms with E-state index in [0.29, 0.717) is 5.75 Å². The molecule has 1 rings (SSSR count). The number of nitrogen functional groups attached to an aromatic ring is 1. The lowest BCUT2D eigenvalue weighted by molar-refractivity contribution is 0.250. The fraction of sp³-hybridized carbons (Fsp3) is 0.667. The molecule has 0 fully saturated rings. The Balaban J connectivity index is 2.87. The highest BCUT2D eigenvalue weighted by atomic mass is 16.5. The van der Waals surface area contributed by atoms with Gasteiger partial charge in [0.05, 0.1) is 14.2 Å². The van der Waals surface area contributed by atoms with E-state index in [1.165, 1.54) is 32.1 Å². The first kappa shape index (κ1) is 18.6. The summed E-state index contributed by atoms with van der Waals surface area (Å²) in [5.74, 6) is 1.51. The summed E-state index contributed by atoms with van der Waals surface area (Å²) in [5, 5.41) is 0. The van der Waals surface area contributed by atoms with Crippen LogP contribution in [0.15, 0.2) is 12.1 Å². The van der Waals surface area contributed by atoms with Gasteiger partial charge in [0.25, 0.3) is 0 Å². The molecule has 0 saturated heterocycles. The largest absolute Gasteiger partial charge is 0.493 e. The average molecular weight is 308 g/mol. The van der Waals surface area contributed by atoms with Crippen molar-refractivity contribution < 1.29 is 9.47 Å². The summed E-state index contributed by atoms with van der Waals surface area (Å²) < 4.78 is 10.9. The molecule has 4 nitrogen and oxygen atoms in total. The molecule has 22 heavy (non-hydrogen) atoms. The Morgan fingerprint density at radius 3 is 2.23 bits per heavy atom.